The number of aryl methyl sites for hydroxylation is 1. The summed E-state index contributed by atoms with van der Waals surface area (Å²) in [6.07, 6.45) is 2.16. The zero-order valence-corrected chi connectivity index (χ0v) is 13.5. The predicted octanol–water partition coefficient (Wildman–Crippen LogP) is 1.62. The maximum absolute atomic E-state index is 12.3. The van der Waals surface area contributed by atoms with Gasteiger partial charge in [-0.05, 0) is 25.5 Å². The highest BCUT2D eigenvalue weighted by Crippen LogP contribution is 2.21. The number of nitrogens with one attached hydrogen (secondary N) is 2. The van der Waals surface area contributed by atoms with Gasteiger partial charge < -0.3 is 10.6 Å². The van der Waals surface area contributed by atoms with Gasteiger partial charge in [-0.2, -0.15) is 5.10 Å². The molecule has 6 heteroatoms. The second kappa shape index (κ2) is 6.59. The molecular formula is C14H25ClN4O. The molecular weight excluding hydrogens is 276 g/mol. The number of carbonyl (C=O) groups excluding carboxylic acids is 1. The normalized spacial score (nSPS) is 19.3. The van der Waals surface area contributed by atoms with Crippen molar-refractivity contribution in [3.8, 4) is 0 Å². The molecule has 0 bridgehead atoms. The van der Waals surface area contributed by atoms with Crippen molar-refractivity contribution < 1.29 is 4.79 Å². The average molecular weight is 301 g/mol. The fourth-order valence-electron chi connectivity index (χ4n) is 2.28. The number of nitrogens with zero attached hydrogens (tertiary/aromatic N) is 2. The van der Waals surface area contributed by atoms with Crippen LogP contribution in [0.15, 0.2) is 6.07 Å². The largest absolute Gasteiger partial charge is 0.347 e. The standard InChI is InChI=1S/C14H24N4O.ClH/c1-14(2,3)12-8-11(18(4)17-12)13(19)16-10-6-5-7-15-9-10;/h8,10,15H,5-7,9H2,1-4H3,(H,16,19);1H/t10-;/m0./s1. The topological polar surface area (TPSA) is 59.0 Å². The van der Waals surface area contributed by atoms with Gasteiger partial charge in [-0.25, -0.2) is 0 Å². The van der Waals surface area contributed by atoms with Crippen molar-refractivity contribution in [1.82, 2.24) is 20.4 Å². The van der Waals surface area contributed by atoms with Crippen molar-refractivity contribution >= 4 is 18.3 Å². The van der Waals surface area contributed by atoms with Gasteiger partial charge in [0.2, 0.25) is 0 Å². The first kappa shape index (κ1) is 17.0. The molecule has 1 saturated heterocycles. The Morgan fingerprint density at radius 1 is 1.50 bits per heavy atom. The van der Waals surface area contributed by atoms with E-state index in [9.17, 15) is 4.79 Å². The van der Waals surface area contributed by atoms with Gasteiger partial charge in [0.1, 0.15) is 5.69 Å². The van der Waals surface area contributed by atoms with Crippen LogP contribution in [0.3, 0.4) is 0 Å². The fraction of sp³-hybridized carbons (Fsp3) is 0.714. The maximum Gasteiger partial charge on any atom is 0.269 e. The summed E-state index contributed by atoms with van der Waals surface area (Å²) in [6.45, 7) is 8.20. The van der Waals surface area contributed by atoms with Gasteiger partial charge in [0, 0.05) is 25.0 Å². The zero-order valence-electron chi connectivity index (χ0n) is 12.7. The lowest BCUT2D eigenvalue weighted by molar-refractivity contribution is 0.0921. The van der Waals surface area contributed by atoms with Crippen LogP contribution in [0.4, 0.5) is 0 Å². The molecule has 1 aromatic rings. The molecule has 1 aliphatic rings. The van der Waals surface area contributed by atoms with Crippen molar-refractivity contribution in [2.45, 2.75) is 45.1 Å². The molecule has 20 heavy (non-hydrogen) atoms. The summed E-state index contributed by atoms with van der Waals surface area (Å²) in [5.74, 6) is -0.0285. The van der Waals surface area contributed by atoms with Crippen LogP contribution in [0.1, 0.15) is 49.8 Å². The summed E-state index contributed by atoms with van der Waals surface area (Å²) in [6, 6.07) is 2.13. The molecule has 5 nitrogen and oxygen atoms in total. The summed E-state index contributed by atoms with van der Waals surface area (Å²) in [4.78, 5) is 12.3. The lowest BCUT2D eigenvalue weighted by Gasteiger charge is -2.23. The fourth-order valence-corrected chi connectivity index (χ4v) is 2.28. The highest BCUT2D eigenvalue weighted by atomic mass is 35.5. The van der Waals surface area contributed by atoms with E-state index < -0.39 is 0 Å². The number of aromatic nitrogens is 2. The van der Waals surface area contributed by atoms with E-state index in [4.69, 9.17) is 0 Å². The van der Waals surface area contributed by atoms with E-state index in [1.165, 1.54) is 0 Å². The third-order valence-corrected chi connectivity index (χ3v) is 3.51. The van der Waals surface area contributed by atoms with E-state index in [-0.39, 0.29) is 29.8 Å². The molecule has 114 valence electrons. The van der Waals surface area contributed by atoms with Crippen LogP contribution < -0.4 is 10.6 Å². The Balaban J connectivity index is 0.00000200. The zero-order chi connectivity index (χ0) is 14.0. The summed E-state index contributed by atoms with van der Waals surface area (Å²) < 4.78 is 1.67. The Morgan fingerprint density at radius 3 is 2.70 bits per heavy atom. The van der Waals surface area contributed by atoms with E-state index in [0.29, 0.717) is 5.69 Å². The molecule has 0 aliphatic carbocycles. The van der Waals surface area contributed by atoms with E-state index >= 15 is 0 Å². The third-order valence-electron chi connectivity index (χ3n) is 3.51. The molecule has 0 radical (unpaired) electrons. The van der Waals surface area contributed by atoms with Gasteiger partial charge in [0.15, 0.2) is 0 Å². The van der Waals surface area contributed by atoms with Crippen LogP contribution in [0.2, 0.25) is 0 Å². The van der Waals surface area contributed by atoms with Gasteiger partial charge in [-0.15, -0.1) is 12.4 Å². The number of rotatable bonds is 2. The minimum absolute atomic E-state index is 0. The van der Waals surface area contributed by atoms with E-state index in [0.717, 1.165) is 31.6 Å². The molecule has 0 aromatic carbocycles. The Labute approximate surface area is 126 Å². The van der Waals surface area contributed by atoms with Gasteiger partial charge in [0.25, 0.3) is 5.91 Å². The van der Waals surface area contributed by atoms with Gasteiger partial charge in [-0.3, -0.25) is 9.48 Å². The Morgan fingerprint density at radius 2 is 2.20 bits per heavy atom. The lowest BCUT2D eigenvalue weighted by atomic mass is 9.92. The summed E-state index contributed by atoms with van der Waals surface area (Å²) in [5.41, 5.74) is 1.54. The summed E-state index contributed by atoms with van der Waals surface area (Å²) >= 11 is 0. The molecule has 1 aromatic heterocycles. The third kappa shape index (κ3) is 3.96. The van der Waals surface area contributed by atoms with Crippen molar-refractivity contribution in [2.24, 2.45) is 7.05 Å². The van der Waals surface area contributed by atoms with Crippen LogP contribution in [0.5, 0.6) is 0 Å². The summed E-state index contributed by atoms with van der Waals surface area (Å²) in [7, 11) is 1.82. The van der Waals surface area contributed by atoms with Crippen LogP contribution in [-0.2, 0) is 12.5 Å². The number of hydrogen-bond donors (Lipinski definition) is 2. The quantitative estimate of drug-likeness (QED) is 0.872. The summed E-state index contributed by atoms with van der Waals surface area (Å²) in [5, 5.41) is 10.8. The first-order valence-electron chi connectivity index (χ1n) is 6.94. The van der Waals surface area contributed by atoms with Crippen LogP contribution >= 0.6 is 12.4 Å². The minimum Gasteiger partial charge on any atom is -0.347 e. The van der Waals surface area contributed by atoms with E-state index in [2.05, 4.69) is 36.5 Å². The number of amides is 1. The van der Waals surface area contributed by atoms with Crippen molar-refractivity contribution in [1.29, 1.82) is 0 Å². The van der Waals surface area contributed by atoms with Crippen LogP contribution in [0.25, 0.3) is 0 Å². The Kier molecular flexibility index (Phi) is 5.59. The molecule has 1 fully saturated rings. The van der Waals surface area contributed by atoms with Gasteiger partial charge >= 0.3 is 0 Å². The lowest BCUT2D eigenvalue weighted by Crippen LogP contribution is -2.46. The monoisotopic (exact) mass is 300 g/mol. The highest BCUT2D eigenvalue weighted by Gasteiger charge is 2.23. The molecule has 1 amide bonds. The first-order chi connectivity index (χ1) is 8.88. The molecule has 2 N–H and O–H groups in total. The van der Waals surface area contributed by atoms with Crippen molar-refractivity contribution in [3.63, 3.8) is 0 Å². The number of carbonyl (C=O) groups is 1. The Bertz CT molecular complexity index is 458. The smallest absolute Gasteiger partial charge is 0.269 e. The second-order valence-corrected chi connectivity index (χ2v) is 6.31. The number of piperidine rings is 1. The van der Waals surface area contributed by atoms with Gasteiger partial charge in [-0.1, -0.05) is 20.8 Å². The molecule has 2 rings (SSSR count). The van der Waals surface area contributed by atoms with Crippen LogP contribution in [0, 0.1) is 0 Å². The van der Waals surface area contributed by atoms with E-state index in [1.807, 2.05) is 13.1 Å². The molecule has 0 unspecified atom stereocenters. The molecule has 1 atom stereocenters. The second-order valence-electron chi connectivity index (χ2n) is 6.31. The molecule has 0 spiro atoms. The number of hydrogen-bond acceptors (Lipinski definition) is 3. The van der Waals surface area contributed by atoms with Gasteiger partial charge in [0.05, 0.1) is 5.69 Å². The van der Waals surface area contributed by atoms with Crippen molar-refractivity contribution in [2.75, 3.05) is 13.1 Å². The first-order valence-corrected chi connectivity index (χ1v) is 6.94. The Hall–Kier alpha value is -1.07. The molecule has 1 aliphatic heterocycles. The molecule has 2 heterocycles. The molecule has 0 saturated carbocycles. The van der Waals surface area contributed by atoms with Crippen molar-refractivity contribution in [3.05, 3.63) is 17.5 Å². The van der Waals surface area contributed by atoms with E-state index in [1.54, 1.807) is 4.68 Å². The SMILES string of the molecule is Cl.Cn1nc(C(C)(C)C)cc1C(=O)N[C@H]1CCCNC1. The number of halogens is 1. The predicted molar refractivity (Wildman–Crippen MR) is 82.5 cm³/mol. The van der Waals surface area contributed by atoms with Crippen LogP contribution in [-0.4, -0.2) is 34.8 Å². The highest BCUT2D eigenvalue weighted by molar-refractivity contribution is 5.92. The minimum atomic E-state index is -0.0390. The average Bonchev–Trinajstić information content (AvgIpc) is 2.72. The maximum atomic E-state index is 12.3.